The second-order valence-corrected chi connectivity index (χ2v) is 8.76. The monoisotopic (exact) mass is 413 g/mol. The molecule has 1 aliphatic rings. The molecule has 2 aromatic rings. The van der Waals surface area contributed by atoms with E-state index in [9.17, 15) is 4.79 Å². The van der Waals surface area contributed by atoms with Gasteiger partial charge in [-0.3, -0.25) is 4.79 Å². The Bertz CT molecular complexity index is 807. The number of fused-ring (bicyclic) bond motifs is 1. The highest BCUT2D eigenvalue weighted by Gasteiger charge is 2.15. The summed E-state index contributed by atoms with van der Waals surface area (Å²) < 4.78 is 0. The standard InChI is InChI=1S/C22H31N5OS/c1-16(17-9-5-4-6-10-17)25-22(24-15-21(28)27(2)3)23-14-13-20-26-18-11-7-8-12-19(18)29-20/h4-6,9-10,16H,7-8,11-15H2,1-3H3,(H2,23,24,25). The van der Waals surface area contributed by atoms with E-state index in [0.717, 1.165) is 19.4 Å². The Balaban J connectivity index is 1.60. The maximum absolute atomic E-state index is 12.0. The van der Waals surface area contributed by atoms with Gasteiger partial charge in [-0.05, 0) is 38.2 Å². The van der Waals surface area contributed by atoms with Gasteiger partial charge in [0.1, 0.15) is 6.54 Å². The Labute approximate surface area is 177 Å². The van der Waals surface area contributed by atoms with Crippen LogP contribution in [0.1, 0.15) is 46.9 Å². The molecule has 0 saturated carbocycles. The molecule has 1 atom stereocenters. The van der Waals surface area contributed by atoms with E-state index in [2.05, 4.69) is 34.7 Å². The van der Waals surface area contributed by atoms with Crippen molar-refractivity contribution in [3.05, 3.63) is 51.5 Å². The van der Waals surface area contributed by atoms with Crippen LogP contribution in [0.2, 0.25) is 0 Å². The summed E-state index contributed by atoms with van der Waals surface area (Å²) in [4.78, 5) is 24.3. The van der Waals surface area contributed by atoms with Crippen molar-refractivity contribution in [3.63, 3.8) is 0 Å². The van der Waals surface area contributed by atoms with Gasteiger partial charge in [-0.15, -0.1) is 11.3 Å². The van der Waals surface area contributed by atoms with Gasteiger partial charge < -0.3 is 15.5 Å². The largest absolute Gasteiger partial charge is 0.356 e. The third-order valence-electron chi connectivity index (χ3n) is 5.05. The highest BCUT2D eigenvalue weighted by atomic mass is 32.1. The first-order valence-corrected chi connectivity index (χ1v) is 11.1. The summed E-state index contributed by atoms with van der Waals surface area (Å²) in [6, 6.07) is 10.3. The number of hydrogen-bond acceptors (Lipinski definition) is 4. The molecule has 0 aliphatic heterocycles. The number of aromatic nitrogens is 1. The zero-order chi connectivity index (χ0) is 20.6. The van der Waals surface area contributed by atoms with E-state index in [1.807, 2.05) is 29.5 Å². The van der Waals surface area contributed by atoms with Crippen LogP contribution in [-0.2, 0) is 24.1 Å². The first kappa shape index (κ1) is 21.3. The van der Waals surface area contributed by atoms with Gasteiger partial charge in [0.15, 0.2) is 5.96 Å². The predicted molar refractivity (Wildman–Crippen MR) is 119 cm³/mol. The van der Waals surface area contributed by atoms with Crippen LogP contribution in [0.4, 0.5) is 0 Å². The van der Waals surface area contributed by atoms with Crippen LogP contribution in [0.25, 0.3) is 0 Å². The third kappa shape index (κ3) is 6.29. The lowest BCUT2D eigenvalue weighted by atomic mass is 10.0. The SMILES string of the molecule is CC(NC(=NCC(=O)N(C)C)NCCc1nc2c(s1)CCCC2)c1ccccc1. The van der Waals surface area contributed by atoms with Gasteiger partial charge in [0.25, 0.3) is 0 Å². The lowest BCUT2D eigenvalue weighted by Gasteiger charge is -2.19. The van der Waals surface area contributed by atoms with Crippen LogP contribution in [0.5, 0.6) is 0 Å². The van der Waals surface area contributed by atoms with Crippen molar-refractivity contribution in [3.8, 4) is 0 Å². The maximum Gasteiger partial charge on any atom is 0.243 e. The second kappa shape index (κ2) is 10.4. The number of aliphatic imine (C=N–C) groups is 1. The molecule has 3 rings (SSSR count). The first-order valence-electron chi connectivity index (χ1n) is 10.3. The van der Waals surface area contributed by atoms with Crippen molar-refractivity contribution < 1.29 is 4.79 Å². The number of thiazole rings is 1. The summed E-state index contributed by atoms with van der Waals surface area (Å²) in [6.07, 6.45) is 5.70. The highest BCUT2D eigenvalue weighted by Crippen LogP contribution is 2.26. The number of nitrogens with one attached hydrogen (secondary N) is 2. The molecule has 0 fully saturated rings. The molecular formula is C22H31N5OS. The van der Waals surface area contributed by atoms with Gasteiger partial charge >= 0.3 is 0 Å². The molecule has 0 bridgehead atoms. The third-order valence-corrected chi connectivity index (χ3v) is 6.26. The highest BCUT2D eigenvalue weighted by molar-refractivity contribution is 7.11. The Kier molecular flexibility index (Phi) is 7.63. The molecule has 1 aliphatic carbocycles. The Morgan fingerprint density at radius 1 is 1.24 bits per heavy atom. The van der Waals surface area contributed by atoms with Gasteiger partial charge in [0, 0.05) is 31.9 Å². The fraction of sp³-hybridized carbons (Fsp3) is 0.500. The number of carbonyl (C=O) groups is 1. The van der Waals surface area contributed by atoms with Crippen LogP contribution in [0.3, 0.4) is 0 Å². The summed E-state index contributed by atoms with van der Waals surface area (Å²) in [6.45, 7) is 2.94. The molecule has 6 nitrogen and oxygen atoms in total. The summed E-state index contributed by atoms with van der Waals surface area (Å²) in [7, 11) is 3.49. The van der Waals surface area contributed by atoms with Crippen LogP contribution < -0.4 is 10.6 Å². The molecule has 0 radical (unpaired) electrons. The normalized spacial score (nSPS) is 14.8. The number of likely N-dealkylation sites (N-methyl/N-ethyl adjacent to an activating group) is 1. The van der Waals surface area contributed by atoms with Crippen LogP contribution in [0.15, 0.2) is 35.3 Å². The summed E-state index contributed by atoms with van der Waals surface area (Å²) in [5.74, 6) is 0.629. The number of nitrogens with zero attached hydrogens (tertiary/aromatic N) is 3. The van der Waals surface area contributed by atoms with Crippen LogP contribution in [-0.4, -0.2) is 48.9 Å². The van der Waals surface area contributed by atoms with Crippen molar-refractivity contribution in [2.75, 3.05) is 27.2 Å². The van der Waals surface area contributed by atoms with Gasteiger partial charge in [-0.1, -0.05) is 30.3 Å². The van der Waals surface area contributed by atoms with E-state index in [1.54, 1.807) is 19.0 Å². The number of aryl methyl sites for hydroxylation is 2. The number of hydrogen-bond donors (Lipinski definition) is 2. The summed E-state index contributed by atoms with van der Waals surface area (Å²) in [5, 5.41) is 7.98. The summed E-state index contributed by atoms with van der Waals surface area (Å²) >= 11 is 1.85. The van der Waals surface area contributed by atoms with Crippen molar-refractivity contribution in [1.29, 1.82) is 0 Å². The second-order valence-electron chi connectivity index (χ2n) is 7.59. The number of benzene rings is 1. The number of guanidine groups is 1. The average Bonchev–Trinajstić information content (AvgIpc) is 3.14. The molecule has 156 valence electrons. The van der Waals surface area contributed by atoms with Crippen molar-refractivity contribution in [1.82, 2.24) is 20.5 Å². The predicted octanol–water partition coefficient (Wildman–Crippen LogP) is 2.95. The molecule has 7 heteroatoms. The minimum atomic E-state index is -0.0222. The fourth-order valence-corrected chi connectivity index (χ4v) is 4.43. The van der Waals surface area contributed by atoms with Gasteiger partial charge in [-0.2, -0.15) is 0 Å². The molecule has 1 amide bonds. The molecule has 2 N–H and O–H groups in total. The van der Waals surface area contributed by atoms with Crippen molar-refractivity contribution in [2.45, 2.75) is 45.1 Å². The topological polar surface area (TPSA) is 69.6 Å². The molecule has 1 aromatic carbocycles. The number of rotatable bonds is 7. The van der Waals surface area contributed by atoms with Gasteiger partial charge in [0.05, 0.1) is 16.7 Å². The van der Waals surface area contributed by atoms with Crippen molar-refractivity contribution >= 4 is 23.2 Å². The average molecular weight is 414 g/mol. The molecule has 0 saturated heterocycles. The molecule has 29 heavy (non-hydrogen) atoms. The zero-order valence-corrected chi connectivity index (χ0v) is 18.4. The van der Waals surface area contributed by atoms with Crippen molar-refractivity contribution in [2.24, 2.45) is 4.99 Å². The minimum absolute atomic E-state index is 0.0222. The Morgan fingerprint density at radius 2 is 2.00 bits per heavy atom. The van der Waals surface area contributed by atoms with E-state index in [1.165, 1.54) is 40.4 Å². The van der Waals surface area contributed by atoms with E-state index >= 15 is 0 Å². The van der Waals surface area contributed by atoms with Crippen LogP contribution in [0, 0.1) is 0 Å². The maximum atomic E-state index is 12.0. The number of amides is 1. The lowest BCUT2D eigenvalue weighted by Crippen LogP contribution is -2.40. The molecule has 1 heterocycles. The van der Waals surface area contributed by atoms with Gasteiger partial charge in [-0.25, -0.2) is 9.98 Å². The zero-order valence-electron chi connectivity index (χ0n) is 17.6. The van der Waals surface area contributed by atoms with E-state index in [-0.39, 0.29) is 18.5 Å². The van der Waals surface area contributed by atoms with Crippen LogP contribution >= 0.6 is 11.3 Å². The molecule has 1 aromatic heterocycles. The lowest BCUT2D eigenvalue weighted by molar-refractivity contribution is -0.127. The van der Waals surface area contributed by atoms with Gasteiger partial charge in [0.2, 0.25) is 5.91 Å². The Morgan fingerprint density at radius 3 is 2.72 bits per heavy atom. The molecule has 1 unspecified atom stereocenters. The first-order chi connectivity index (χ1) is 14.0. The Hall–Kier alpha value is -2.41. The molecular weight excluding hydrogens is 382 g/mol. The summed E-state index contributed by atoms with van der Waals surface area (Å²) in [5.41, 5.74) is 2.48. The van der Waals surface area contributed by atoms with E-state index < -0.39 is 0 Å². The quantitative estimate of drug-likeness (QED) is 0.541. The fourth-order valence-electron chi connectivity index (χ4n) is 3.27. The molecule has 0 spiro atoms. The smallest absolute Gasteiger partial charge is 0.243 e. The van der Waals surface area contributed by atoms with E-state index in [0.29, 0.717) is 5.96 Å². The number of carbonyl (C=O) groups excluding carboxylic acids is 1. The minimum Gasteiger partial charge on any atom is -0.356 e. The van der Waals surface area contributed by atoms with E-state index in [4.69, 9.17) is 4.98 Å².